The van der Waals surface area contributed by atoms with Crippen molar-refractivity contribution in [2.45, 2.75) is 6.42 Å². The van der Waals surface area contributed by atoms with Crippen LogP contribution in [0.15, 0.2) is 67.3 Å². The van der Waals surface area contributed by atoms with E-state index in [0.717, 1.165) is 17.7 Å². The van der Waals surface area contributed by atoms with Crippen LogP contribution in [0.3, 0.4) is 0 Å². The van der Waals surface area contributed by atoms with Gasteiger partial charge >= 0.3 is 0 Å². The Kier molecular flexibility index (Phi) is 5.09. The molecular weight excluding hydrogens is 302 g/mol. The smallest absolute Gasteiger partial charge is 0.251 e. The Morgan fingerprint density at radius 3 is 2.54 bits per heavy atom. The third kappa shape index (κ3) is 4.36. The van der Waals surface area contributed by atoms with Crippen LogP contribution in [0.5, 0.6) is 0 Å². The van der Waals surface area contributed by atoms with Crippen LogP contribution in [0.25, 0.3) is 0 Å². The van der Waals surface area contributed by atoms with Gasteiger partial charge in [0.15, 0.2) is 0 Å². The molecule has 0 radical (unpaired) electrons. The molecule has 0 spiro atoms. The molecular formula is C18H17N5O. The fourth-order valence-electron chi connectivity index (χ4n) is 2.20. The van der Waals surface area contributed by atoms with E-state index in [4.69, 9.17) is 0 Å². The molecule has 6 heteroatoms. The van der Waals surface area contributed by atoms with E-state index in [1.165, 1.54) is 0 Å². The summed E-state index contributed by atoms with van der Waals surface area (Å²) < 4.78 is 0. The molecule has 0 unspecified atom stereocenters. The lowest BCUT2D eigenvalue weighted by atomic mass is 10.1. The second-order valence-electron chi connectivity index (χ2n) is 5.14. The van der Waals surface area contributed by atoms with Crippen LogP contribution in [0, 0.1) is 0 Å². The molecule has 0 saturated carbocycles. The number of pyridine rings is 1. The number of aromatic nitrogens is 3. The lowest BCUT2D eigenvalue weighted by molar-refractivity contribution is 0.0954. The highest BCUT2D eigenvalue weighted by Gasteiger charge is 2.06. The molecule has 2 aromatic heterocycles. The number of carbonyl (C=O) groups excluding carboxylic acids is 1. The van der Waals surface area contributed by atoms with E-state index in [1.807, 2.05) is 24.3 Å². The molecule has 0 atom stereocenters. The molecule has 0 aliphatic rings. The standard InChI is InChI=1S/C18H17N5O/c24-17(20-12-7-14-5-10-19-11-6-14)15-3-1-4-16(13-15)23-18-21-8-2-9-22-18/h1-6,8-11,13H,7,12H2,(H,20,24)(H,21,22,23). The minimum absolute atomic E-state index is 0.110. The summed E-state index contributed by atoms with van der Waals surface area (Å²) in [7, 11) is 0. The number of hydrogen-bond donors (Lipinski definition) is 2. The van der Waals surface area contributed by atoms with Gasteiger partial charge in [0.2, 0.25) is 5.95 Å². The van der Waals surface area contributed by atoms with E-state index in [2.05, 4.69) is 25.6 Å². The molecule has 0 aliphatic carbocycles. The minimum Gasteiger partial charge on any atom is -0.352 e. The van der Waals surface area contributed by atoms with Gasteiger partial charge in [-0.2, -0.15) is 0 Å². The zero-order chi connectivity index (χ0) is 16.6. The van der Waals surface area contributed by atoms with E-state index in [0.29, 0.717) is 18.1 Å². The highest BCUT2D eigenvalue weighted by molar-refractivity contribution is 5.95. The predicted molar refractivity (Wildman–Crippen MR) is 92.0 cm³/mol. The highest BCUT2D eigenvalue weighted by atomic mass is 16.1. The minimum atomic E-state index is -0.110. The fraction of sp³-hybridized carbons (Fsp3) is 0.111. The van der Waals surface area contributed by atoms with Gasteiger partial charge in [-0.25, -0.2) is 9.97 Å². The van der Waals surface area contributed by atoms with E-state index >= 15 is 0 Å². The zero-order valence-electron chi connectivity index (χ0n) is 13.0. The van der Waals surface area contributed by atoms with Gasteiger partial charge in [0.1, 0.15) is 0 Å². The number of carbonyl (C=O) groups is 1. The molecule has 6 nitrogen and oxygen atoms in total. The quantitative estimate of drug-likeness (QED) is 0.730. The lowest BCUT2D eigenvalue weighted by Gasteiger charge is -2.08. The van der Waals surface area contributed by atoms with Crippen molar-refractivity contribution in [1.29, 1.82) is 0 Å². The van der Waals surface area contributed by atoms with Crippen molar-refractivity contribution >= 4 is 17.5 Å². The van der Waals surface area contributed by atoms with E-state index < -0.39 is 0 Å². The average Bonchev–Trinajstić information content (AvgIpc) is 2.64. The predicted octanol–water partition coefficient (Wildman–Crippen LogP) is 2.59. The summed E-state index contributed by atoms with van der Waals surface area (Å²) in [5, 5.41) is 5.99. The summed E-state index contributed by atoms with van der Waals surface area (Å²) in [5.74, 6) is 0.384. The van der Waals surface area contributed by atoms with Crippen molar-refractivity contribution in [3.05, 3.63) is 78.4 Å². The van der Waals surface area contributed by atoms with Gasteiger partial charge in [-0.15, -0.1) is 0 Å². The molecule has 24 heavy (non-hydrogen) atoms. The SMILES string of the molecule is O=C(NCCc1ccncc1)c1cccc(Nc2ncccn2)c1. The second-order valence-corrected chi connectivity index (χ2v) is 5.14. The van der Waals surface area contributed by atoms with Crippen LogP contribution in [0.4, 0.5) is 11.6 Å². The molecule has 3 rings (SSSR count). The van der Waals surface area contributed by atoms with Crippen molar-refractivity contribution in [1.82, 2.24) is 20.3 Å². The monoisotopic (exact) mass is 319 g/mol. The van der Waals surface area contributed by atoms with Gasteiger partial charge in [0.05, 0.1) is 0 Å². The number of nitrogens with one attached hydrogen (secondary N) is 2. The number of nitrogens with zero attached hydrogens (tertiary/aromatic N) is 3. The number of hydrogen-bond acceptors (Lipinski definition) is 5. The Balaban J connectivity index is 1.58. The molecule has 0 aliphatic heterocycles. The first kappa shape index (κ1) is 15.6. The Bertz CT molecular complexity index is 793. The molecule has 0 saturated heterocycles. The molecule has 1 aromatic carbocycles. The highest BCUT2D eigenvalue weighted by Crippen LogP contribution is 2.14. The van der Waals surface area contributed by atoms with Crippen molar-refractivity contribution in [2.24, 2.45) is 0 Å². The summed E-state index contributed by atoms with van der Waals surface area (Å²) in [4.78, 5) is 24.4. The van der Waals surface area contributed by atoms with E-state index in [1.54, 1.807) is 43.0 Å². The van der Waals surface area contributed by atoms with Crippen LogP contribution < -0.4 is 10.6 Å². The van der Waals surface area contributed by atoms with Crippen molar-refractivity contribution in [2.75, 3.05) is 11.9 Å². The van der Waals surface area contributed by atoms with E-state index in [9.17, 15) is 4.79 Å². The number of amides is 1. The summed E-state index contributed by atoms with van der Waals surface area (Å²) in [6.07, 6.45) is 7.58. The molecule has 1 amide bonds. The Hall–Kier alpha value is -3.28. The van der Waals surface area contributed by atoms with Gasteiger partial charge in [0, 0.05) is 42.6 Å². The van der Waals surface area contributed by atoms with Crippen molar-refractivity contribution < 1.29 is 4.79 Å². The third-order valence-corrected chi connectivity index (χ3v) is 3.40. The van der Waals surface area contributed by atoms with Crippen LogP contribution in [0.1, 0.15) is 15.9 Å². The first-order valence-corrected chi connectivity index (χ1v) is 7.62. The normalized spacial score (nSPS) is 10.2. The maximum Gasteiger partial charge on any atom is 0.251 e. The largest absolute Gasteiger partial charge is 0.352 e. The molecule has 0 bridgehead atoms. The van der Waals surface area contributed by atoms with Gasteiger partial charge in [-0.05, 0) is 48.4 Å². The maximum absolute atomic E-state index is 12.3. The number of rotatable bonds is 6. The van der Waals surface area contributed by atoms with Crippen LogP contribution in [0.2, 0.25) is 0 Å². The lowest BCUT2D eigenvalue weighted by Crippen LogP contribution is -2.25. The summed E-state index contributed by atoms with van der Waals surface area (Å²) in [5.41, 5.74) is 2.50. The third-order valence-electron chi connectivity index (χ3n) is 3.40. The van der Waals surface area contributed by atoms with Crippen molar-refractivity contribution in [3.63, 3.8) is 0 Å². The summed E-state index contributed by atoms with van der Waals surface area (Å²) in [6, 6.07) is 12.9. The maximum atomic E-state index is 12.3. The molecule has 0 fully saturated rings. The second kappa shape index (κ2) is 7.82. The molecule has 3 aromatic rings. The van der Waals surface area contributed by atoms with Crippen LogP contribution >= 0.6 is 0 Å². The van der Waals surface area contributed by atoms with Gasteiger partial charge in [-0.3, -0.25) is 9.78 Å². The zero-order valence-corrected chi connectivity index (χ0v) is 13.0. The first-order chi connectivity index (χ1) is 11.8. The van der Waals surface area contributed by atoms with Crippen LogP contribution in [-0.4, -0.2) is 27.4 Å². The van der Waals surface area contributed by atoms with Crippen molar-refractivity contribution in [3.8, 4) is 0 Å². The van der Waals surface area contributed by atoms with Crippen LogP contribution in [-0.2, 0) is 6.42 Å². The Labute approximate surface area is 140 Å². The fourth-order valence-corrected chi connectivity index (χ4v) is 2.20. The topological polar surface area (TPSA) is 79.8 Å². The van der Waals surface area contributed by atoms with E-state index in [-0.39, 0.29) is 5.91 Å². The number of anilines is 2. The average molecular weight is 319 g/mol. The van der Waals surface area contributed by atoms with Gasteiger partial charge < -0.3 is 10.6 Å². The molecule has 2 heterocycles. The molecule has 2 N–H and O–H groups in total. The summed E-state index contributed by atoms with van der Waals surface area (Å²) >= 11 is 0. The van der Waals surface area contributed by atoms with Gasteiger partial charge in [0.25, 0.3) is 5.91 Å². The summed E-state index contributed by atoms with van der Waals surface area (Å²) in [6.45, 7) is 0.572. The first-order valence-electron chi connectivity index (χ1n) is 7.62. The molecule has 120 valence electrons. The Morgan fingerprint density at radius 1 is 0.958 bits per heavy atom. The Morgan fingerprint density at radius 2 is 1.75 bits per heavy atom. The number of benzene rings is 1. The van der Waals surface area contributed by atoms with Gasteiger partial charge in [-0.1, -0.05) is 6.07 Å².